The highest BCUT2D eigenvalue weighted by Crippen LogP contribution is 2.48. The van der Waals surface area contributed by atoms with E-state index >= 15 is 0 Å². The fraction of sp³-hybridized carbons (Fsp3) is 0.179. The fourth-order valence-electron chi connectivity index (χ4n) is 4.23. The average molecular weight is 408 g/mol. The van der Waals surface area contributed by atoms with E-state index in [2.05, 4.69) is 98.6 Å². The zero-order valence-electron chi connectivity index (χ0n) is 17.6. The number of pyridine rings is 1. The van der Waals surface area contributed by atoms with Crippen molar-refractivity contribution in [3.05, 3.63) is 90.1 Å². The van der Waals surface area contributed by atoms with Gasteiger partial charge in [-0.1, -0.05) is 68.1 Å². The molecule has 0 saturated carbocycles. The van der Waals surface area contributed by atoms with E-state index in [-0.39, 0.29) is 0 Å². The largest absolute Gasteiger partial charge is 0.256 e. The number of aromatic nitrogens is 1. The summed E-state index contributed by atoms with van der Waals surface area (Å²) in [7, 11) is 0. The molecule has 0 fully saturated rings. The van der Waals surface area contributed by atoms with Crippen LogP contribution < -0.4 is 0 Å². The van der Waals surface area contributed by atoms with Crippen molar-refractivity contribution in [1.29, 1.82) is 0 Å². The second kappa shape index (κ2) is 7.77. The van der Waals surface area contributed by atoms with Gasteiger partial charge in [-0.05, 0) is 83.0 Å². The molecule has 5 rings (SSSR count). The Balaban J connectivity index is 1.66. The van der Waals surface area contributed by atoms with Crippen molar-refractivity contribution in [1.82, 2.24) is 4.98 Å². The Kier molecular flexibility index (Phi) is 4.96. The Hall–Kier alpha value is -2.84. The molecule has 30 heavy (non-hydrogen) atoms. The van der Waals surface area contributed by atoms with Gasteiger partial charge in [0.05, 0.1) is 5.69 Å². The molecule has 1 aliphatic rings. The van der Waals surface area contributed by atoms with Crippen LogP contribution in [0.3, 0.4) is 0 Å². The van der Waals surface area contributed by atoms with Crippen molar-refractivity contribution in [2.24, 2.45) is 5.92 Å². The Morgan fingerprint density at radius 3 is 2.37 bits per heavy atom. The maximum atomic E-state index is 4.69. The molecule has 2 heterocycles. The molecule has 0 radical (unpaired) electrons. The van der Waals surface area contributed by atoms with Crippen molar-refractivity contribution >= 4 is 11.8 Å². The first-order valence-electron chi connectivity index (χ1n) is 10.6. The highest BCUT2D eigenvalue weighted by molar-refractivity contribution is 7.99. The van der Waals surface area contributed by atoms with Crippen molar-refractivity contribution in [2.75, 3.05) is 0 Å². The maximum Gasteiger partial charge on any atom is 0.0704 e. The van der Waals surface area contributed by atoms with Gasteiger partial charge in [-0.2, -0.15) is 0 Å². The van der Waals surface area contributed by atoms with Crippen LogP contribution >= 0.6 is 11.8 Å². The molecule has 3 aromatic carbocycles. The second-order valence-electron chi connectivity index (χ2n) is 8.51. The van der Waals surface area contributed by atoms with Crippen LogP contribution in [-0.4, -0.2) is 4.98 Å². The Morgan fingerprint density at radius 2 is 1.57 bits per heavy atom. The van der Waals surface area contributed by atoms with Gasteiger partial charge in [-0.25, -0.2) is 0 Å². The minimum absolute atomic E-state index is 0.637. The van der Waals surface area contributed by atoms with Gasteiger partial charge in [0, 0.05) is 21.6 Å². The number of aryl methyl sites for hydroxylation is 1. The molecule has 1 aliphatic heterocycles. The second-order valence-corrected chi connectivity index (χ2v) is 9.59. The first kappa shape index (κ1) is 19.1. The molecule has 0 unspecified atom stereocenters. The van der Waals surface area contributed by atoms with Crippen LogP contribution in [0.2, 0.25) is 0 Å². The van der Waals surface area contributed by atoms with E-state index in [0.29, 0.717) is 5.92 Å². The Morgan fingerprint density at radius 1 is 0.767 bits per heavy atom. The normalized spacial score (nSPS) is 12.1. The van der Waals surface area contributed by atoms with Gasteiger partial charge in [-0.15, -0.1) is 0 Å². The van der Waals surface area contributed by atoms with Gasteiger partial charge < -0.3 is 0 Å². The molecule has 1 aromatic heterocycles. The number of rotatable bonds is 3. The van der Waals surface area contributed by atoms with Gasteiger partial charge in [0.1, 0.15) is 0 Å². The Labute approximate surface area is 183 Å². The van der Waals surface area contributed by atoms with Crippen LogP contribution in [0.25, 0.3) is 33.5 Å². The van der Waals surface area contributed by atoms with Crippen LogP contribution in [-0.2, 0) is 6.42 Å². The molecular formula is C28H25NS. The SMILES string of the molecule is Cc1ccc2c(c1)Sc1ccc(-c3cc(CC(C)C)ccn3)cc1-c1ccccc1-2. The molecule has 0 bridgehead atoms. The van der Waals surface area contributed by atoms with Crippen LogP contribution in [0, 0.1) is 12.8 Å². The summed E-state index contributed by atoms with van der Waals surface area (Å²) in [6.45, 7) is 6.68. The molecule has 0 aliphatic carbocycles. The predicted molar refractivity (Wildman–Crippen MR) is 128 cm³/mol. The molecule has 148 valence electrons. The molecule has 0 spiro atoms. The van der Waals surface area contributed by atoms with Crippen molar-refractivity contribution in [3.63, 3.8) is 0 Å². The van der Waals surface area contributed by atoms with Crippen LogP contribution in [0.1, 0.15) is 25.0 Å². The van der Waals surface area contributed by atoms with E-state index < -0.39 is 0 Å². The van der Waals surface area contributed by atoms with Crippen LogP contribution in [0.4, 0.5) is 0 Å². The summed E-state index contributed by atoms with van der Waals surface area (Å²) < 4.78 is 0. The molecule has 0 N–H and O–H groups in total. The number of benzene rings is 3. The van der Waals surface area contributed by atoms with E-state index in [4.69, 9.17) is 0 Å². The quantitative estimate of drug-likeness (QED) is 0.300. The monoisotopic (exact) mass is 407 g/mol. The first-order chi connectivity index (χ1) is 14.6. The zero-order chi connectivity index (χ0) is 20.7. The summed E-state index contributed by atoms with van der Waals surface area (Å²) in [6.07, 6.45) is 3.02. The fourth-order valence-corrected chi connectivity index (χ4v) is 5.41. The number of hydrogen-bond donors (Lipinski definition) is 0. The molecular weight excluding hydrogens is 382 g/mol. The highest BCUT2D eigenvalue weighted by Gasteiger charge is 2.20. The van der Waals surface area contributed by atoms with E-state index in [9.17, 15) is 0 Å². The van der Waals surface area contributed by atoms with Crippen LogP contribution in [0.15, 0.2) is 88.8 Å². The lowest BCUT2D eigenvalue weighted by atomic mass is 9.93. The van der Waals surface area contributed by atoms with E-state index in [1.165, 1.54) is 48.7 Å². The van der Waals surface area contributed by atoms with Gasteiger partial charge >= 0.3 is 0 Å². The third-order valence-corrected chi connectivity index (χ3v) is 6.74. The maximum absolute atomic E-state index is 4.69. The molecule has 0 atom stereocenters. The third-order valence-electron chi connectivity index (χ3n) is 5.61. The first-order valence-corrected chi connectivity index (χ1v) is 11.4. The van der Waals surface area contributed by atoms with E-state index in [1.807, 2.05) is 18.0 Å². The summed E-state index contributed by atoms with van der Waals surface area (Å²) in [5, 5.41) is 0. The lowest BCUT2D eigenvalue weighted by Gasteiger charge is -2.12. The number of hydrogen-bond acceptors (Lipinski definition) is 2. The van der Waals surface area contributed by atoms with Crippen molar-refractivity contribution in [2.45, 2.75) is 37.0 Å². The molecule has 2 heteroatoms. The highest BCUT2D eigenvalue weighted by atomic mass is 32.2. The smallest absolute Gasteiger partial charge is 0.0704 e. The van der Waals surface area contributed by atoms with Crippen molar-refractivity contribution < 1.29 is 0 Å². The van der Waals surface area contributed by atoms with Crippen molar-refractivity contribution in [3.8, 4) is 33.5 Å². The van der Waals surface area contributed by atoms with Gasteiger partial charge in [0.2, 0.25) is 0 Å². The minimum atomic E-state index is 0.637. The third kappa shape index (κ3) is 3.57. The predicted octanol–water partition coefficient (Wildman–Crippen LogP) is 8.05. The molecule has 0 amide bonds. The van der Waals surface area contributed by atoms with Gasteiger partial charge in [0.15, 0.2) is 0 Å². The standard InChI is InChI=1S/C28H25NS/c1-18(2)14-20-12-13-29-26(16-20)21-9-11-27-25(17-21)23-7-5-4-6-22(23)24-10-8-19(3)15-28(24)30-27/h4-13,15-18H,14H2,1-3H3. The average Bonchev–Trinajstić information content (AvgIpc) is 2.87. The van der Waals surface area contributed by atoms with Crippen LogP contribution in [0.5, 0.6) is 0 Å². The van der Waals surface area contributed by atoms with E-state index in [1.54, 1.807) is 0 Å². The molecule has 4 aromatic rings. The summed E-state index contributed by atoms with van der Waals surface area (Å²) in [5.74, 6) is 0.637. The topological polar surface area (TPSA) is 12.9 Å². The molecule has 0 saturated heterocycles. The lowest BCUT2D eigenvalue weighted by Crippen LogP contribution is -1.95. The summed E-state index contributed by atoms with van der Waals surface area (Å²) in [6, 6.07) is 26.7. The lowest BCUT2D eigenvalue weighted by molar-refractivity contribution is 0.647. The molecule has 1 nitrogen and oxygen atoms in total. The Bertz CT molecular complexity index is 1240. The van der Waals surface area contributed by atoms with E-state index in [0.717, 1.165) is 12.1 Å². The summed E-state index contributed by atoms with van der Waals surface area (Å²) in [5.41, 5.74) is 10.1. The van der Waals surface area contributed by atoms with Gasteiger partial charge in [0.25, 0.3) is 0 Å². The summed E-state index contributed by atoms with van der Waals surface area (Å²) >= 11 is 1.87. The minimum Gasteiger partial charge on any atom is -0.256 e. The van der Waals surface area contributed by atoms with Gasteiger partial charge in [-0.3, -0.25) is 4.98 Å². The summed E-state index contributed by atoms with van der Waals surface area (Å²) in [4.78, 5) is 7.31. The zero-order valence-corrected chi connectivity index (χ0v) is 18.5. The number of fused-ring (bicyclic) bond motifs is 5. The number of nitrogens with zero attached hydrogens (tertiary/aromatic N) is 1.